The van der Waals surface area contributed by atoms with Gasteiger partial charge in [0.1, 0.15) is 5.82 Å². The molecule has 0 bridgehead atoms. The normalized spacial score (nSPS) is 25.9. The third-order valence-electron chi connectivity index (χ3n) is 2.65. The molecule has 1 aromatic carbocycles. The van der Waals surface area contributed by atoms with Crippen LogP contribution in [0.25, 0.3) is 0 Å². The first-order valence-corrected chi connectivity index (χ1v) is 6.28. The van der Waals surface area contributed by atoms with Gasteiger partial charge in [0.2, 0.25) is 0 Å². The van der Waals surface area contributed by atoms with Crippen LogP contribution in [0.3, 0.4) is 0 Å². The van der Waals surface area contributed by atoms with E-state index >= 15 is 0 Å². The fourth-order valence-corrected chi connectivity index (χ4v) is 3.23. The van der Waals surface area contributed by atoms with Crippen LogP contribution in [-0.4, -0.2) is 10.4 Å². The molecule has 15 heavy (non-hydrogen) atoms. The van der Waals surface area contributed by atoms with Crippen LogP contribution in [0.15, 0.2) is 12.1 Å². The maximum absolute atomic E-state index is 13.6. The number of rotatable bonds is 0. The summed E-state index contributed by atoms with van der Waals surface area (Å²) in [4.78, 5) is 0. The van der Waals surface area contributed by atoms with Gasteiger partial charge in [0.15, 0.2) is 0 Å². The highest BCUT2D eigenvalue weighted by Crippen LogP contribution is 2.39. The van der Waals surface area contributed by atoms with E-state index in [-0.39, 0.29) is 5.82 Å². The SMILES string of the molecule is CC1C[C@H](O)c2c(F)ccc(Cl)c2CS1. The van der Waals surface area contributed by atoms with Crippen molar-refractivity contribution in [2.75, 3.05) is 0 Å². The number of benzene rings is 1. The third kappa shape index (κ3) is 2.14. The van der Waals surface area contributed by atoms with Gasteiger partial charge in [0.25, 0.3) is 0 Å². The average Bonchev–Trinajstić information content (AvgIpc) is 2.32. The van der Waals surface area contributed by atoms with E-state index in [0.717, 1.165) is 5.56 Å². The minimum absolute atomic E-state index is 0.322. The van der Waals surface area contributed by atoms with E-state index in [2.05, 4.69) is 0 Å². The van der Waals surface area contributed by atoms with Gasteiger partial charge in [-0.1, -0.05) is 18.5 Å². The van der Waals surface area contributed by atoms with Crippen LogP contribution in [-0.2, 0) is 5.75 Å². The van der Waals surface area contributed by atoms with Crippen molar-refractivity contribution in [3.63, 3.8) is 0 Å². The van der Waals surface area contributed by atoms with Gasteiger partial charge < -0.3 is 5.11 Å². The predicted molar refractivity (Wildman–Crippen MR) is 61.7 cm³/mol. The Kier molecular flexibility index (Phi) is 3.24. The Morgan fingerprint density at radius 1 is 1.53 bits per heavy atom. The van der Waals surface area contributed by atoms with Crippen molar-refractivity contribution in [1.82, 2.24) is 0 Å². The molecule has 1 nitrogen and oxygen atoms in total. The number of hydrogen-bond acceptors (Lipinski definition) is 2. The Labute approximate surface area is 97.6 Å². The van der Waals surface area contributed by atoms with E-state index in [0.29, 0.717) is 28.0 Å². The minimum Gasteiger partial charge on any atom is -0.388 e. The highest BCUT2D eigenvalue weighted by molar-refractivity contribution is 7.99. The van der Waals surface area contributed by atoms with Gasteiger partial charge in [0, 0.05) is 21.6 Å². The zero-order valence-corrected chi connectivity index (χ0v) is 9.91. The maximum Gasteiger partial charge on any atom is 0.129 e. The second kappa shape index (κ2) is 4.32. The van der Waals surface area contributed by atoms with Gasteiger partial charge in [-0.3, -0.25) is 0 Å². The quantitative estimate of drug-likeness (QED) is 0.756. The minimum atomic E-state index is -0.733. The van der Waals surface area contributed by atoms with Crippen LogP contribution in [0.1, 0.15) is 30.6 Å². The summed E-state index contributed by atoms with van der Waals surface area (Å²) in [6.45, 7) is 2.03. The van der Waals surface area contributed by atoms with E-state index in [4.69, 9.17) is 11.6 Å². The van der Waals surface area contributed by atoms with Crippen LogP contribution >= 0.6 is 23.4 Å². The number of aliphatic hydroxyl groups excluding tert-OH is 1. The molecule has 0 radical (unpaired) electrons. The molecule has 1 aromatic rings. The molecule has 1 N–H and O–H groups in total. The first-order valence-electron chi connectivity index (χ1n) is 4.86. The smallest absolute Gasteiger partial charge is 0.129 e. The van der Waals surface area contributed by atoms with Crippen LogP contribution in [0, 0.1) is 5.82 Å². The van der Waals surface area contributed by atoms with Gasteiger partial charge >= 0.3 is 0 Å². The Bertz CT molecular complexity index is 383. The fourth-order valence-electron chi connectivity index (χ4n) is 1.84. The largest absolute Gasteiger partial charge is 0.388 e. The lowest BCUT2D eigenvalue weighted by atomic mass is 9.99. The number of thioether (sulfide) groups is 1. The summed E-state index contributed by atoms with van der Waals surface area (Å²) in [5, 5.41) is 10.8. The molecule has 0 spiro atoms. The first-order chi connectivity index (χ1) is 7.09. The lowest BCUT2D eigenvalue weighted by Gasteiger charge is -2.14. The zero-order chi connectivity index (χ0) is 11.0. The molecule has 2 rings (SSSR count). The van der Waals surface area contributed by atoms with Crippen molar-refractivity contribution in [2.45, 2.75) is 30.5 Å². The van der Waals surface area contributed by atoms with E-state index in [1.165, 1.54) is 6.07 Å². The molecule has 1 heterocycles. The maximum atomic E-state index is 13.6. The molecule has 0 aliphatic carbocycles. The van der Waals surface area contributed by atoms with Gasteiger partial charge in [0.05, 0.1) is 6.10 Å². The molecular formula is C11H12ClFOS. The molecule has 2 atom stereocenters. The lowest BCUT2D eigenvalue weighted by Crippen LogP contribution is -2.06. The molecular weight excluding hydrogens is 235 g/mol. The molecule has 1 aliphatic heterocycles. The molecule has 1 unspecified atom stereocenters. The molecule has 0 amide bonds. The van der Waals surface area contributed by atoms with Gasteiger partial charge in [-0.25, -0.2) is 4.39 Å². The predicted octanol–water partition coefficient (Wildman–Crippen LogP) is 3.54. The number of halogens is 2. The summed E-state index contributed by atoms with van der Waals surface area (Å²) in [5.41, 5.74) is 1.14. The first kappa shape index (κ1) is 11.2. The van der Waals surface area contributed by atoms with E-state index < -0.39 is 6.10 Å². The average molecular weight is 247 g/mol. The Morgan fingerprint density at radius 2 is 2.27 bits per heavy atom. The number of aliphatic hydroxyl groups is 1. The third-order valence-corrected chi connectivity index (χ3v) is 4.22. The molecule has 0 saturated heterocycles. The number of fused-ring (bicyclic) bond motifs is 1. The summed E-state index contributed by atoms with van der Waals surface area (Å²) >= 11 is 7.71. The summed E-state index contributed by atoms with van der Waals surface area (Å²) in [7, 11) is 0. The second-order valence-corrected chi connectivity index (χ2v) is 5.63. The van der Waals surface area contributed by atoms with Crippen molar-refractivity contribution in [2.24, 2.45) is 0 Å². The topological polar surface area (TPSA) is 20.2 Å². The second-order valence-electron chi connectivity index (χ2n) is 3.79. The Balaban J connectivity index is 2.52. The van der Waals surface area contributed by atoms with Crippen molar-refractivity contribution in [3.8, 4) is 0 Å². The lowest BCUT2D eigenvalue weighted by molar-refractivity contribution is 0.163. The molecule has 0 saturated carbocycles. The van der Waals surface area contributed by atoms with E-state index in [1.54, 1.807) is 17.8 Å². The molecule has 0 aromatic heterocycles. The van der Waals surface area contributed by atoms with E-state index in [9.17, 15) is 9.50 Å². The zero-order valence-electron chi connectivity index (χ0n) is 8.34. The van der Waals surface area contributed by atoms with Crippen LogP contribution in [0.5, 0.6) is 0 Å². The van der Waals surface area contributed by atoms with Crippen molar-refractivity contribution in [3.05, 3.63) is 34.1 Å². The fraction of sp³-hybridized carbons (Fsp3) is 0.455. The summed E-state index contributed by atoms with van der Waals surface area (Å²) < 4.78 is 13.6. The molecule has 1 aliphatic rings. The number of hydrogen-bond donors (Lipinski definition) is 1. The van der Waals surface area contributed by atoms with Crippen LogP contribution in [0.4, 0.5) is 4.39 Å². The highest BCUT2D eigenvalue weighted by Gasteiger charge is 2.25. The van der Waals surface area contributed by atoms with Crippen LogP contribution < -0.4 is 0 Å². The molecule has 82 valence electrons. The van der Waals surface area contributed by atoms with Gasteiger partial charge in [-0.2, -0.15) is 11.8 Å². The Morgan fingerprint density at radius 3 is 3.00 bits per heavy atom. The summed E-state index contributed by atoms with van der Waals surface area (Å²) in [5.74, 6) is 0.320. The molecule has 0 fully saturated rings. The van der Waals surface area contributed by atoms with Crippen molar-refractivity contribution < 1.29 is 9.50 Å². The van der Waals surface area contributed by atoms with Gasteiger partial charge in [-0.15, -0.1) is 0 Å². The van der Waals surface area contributed by atoms with Crippen molar-refractivity contribution in [1.29, 1.82) is 0 Å². The van der Waals surface area contributed by atoms with Gasteiger partial charge in [-0.05, 0) is 24.1 Å². The van der Waals surface area contributed by atoms with E-state index in [1.807, 2.05) is 6.92 Å². The summed E-state index contributed by atoms with van der Waals surface area (Å²) in [6, 6.07) is 2.88. The standard InChI is InChI=1S/C11H12ClFOS/c1-6-4-10(14)11-7(5-15-6)8(12)2-3-9(11)13/h2-3,6,10,14H,4-5H2,1H3/t6?,10-/m0/s1. The monoisotopic (exact) mass is 246 g/mol. The Hall–Kier alpha value is -0.250. The molecule has 4 heteroatoms. The van der Waals surface area contributed by atoms with Crippen LogP contribution in [0.2, 0.25) is 5.02 Å². The highest BCUT2D eigenvalue weighted by atomic mass is 35.5. The van der Waals surface area contributed by atoms with Crippen molar-refractivity contribution >= 4 is 23.4 Å². The summed E-state index contributed by atoms with van der Waals surface area (Å²) in [6.07, 6.45) is -0.154.